The number of anilines is 1. The van der Waals surface area contributed by atoms with Gasteiger partial charge in [0.1, 0.15) is 5.75 Å². The number of halogens is 7. The maximum Gasteiger partial charge on any atom is 0.573 e. The zero-order valence-corrected chi connectivity index (χ0v) is 18.3. The zero-order chi connectivity index (χ0) is 23.6. The number of alkyl halides is 6. The number of thioether (sulfide) groups is 1. The maximum atomic E-state index is 13.1. The van der Waals surface area contributed by atoms with Gasteiger partial charge in [-0.3, -0.25) is 9.59 Å². The van der Waals surface area contributed by atoms with Gasteiger partial charge in [-0.05, 0) is 58.1 Å². The highest BCUT2D eigenvalue weighted by atomic mass is 79.9. The summed E-state index contributed by atoms with van der Waals surface area (Å²) < 4.78 is 80.1. The van der Waals surface area contributed by atoms with Crippen LogP contribution >= 0.6 is 27.7 Å². The summed E-state index contributed by atoms with van der Waals surface area (Å²) in [5.41, 5.74) is -1.21. The van der Waals surface area contributed by atoms with Gasteiger partial charge in [0, 0.05) is 16.3 Å². The molecular weight excluding hydrogens is 516 g/mol. The molecule has 0 saturated carbocycles. The number of carbonyl (C=O) groups is 2. The van der Waals surface area contributed by atoms with Crippen LogP contribution in [-0.2, 0) is 11.0 Å². The number of ether oxygens (including phenoxy) is 1. The van der Waals surface area contributed by atoms with Crippen molar-refractivity contribution in [2.24, 2.45) is 0 Å². The molecular formula is C19H14BrF6NO3S. The van der Waals surface area contributed by atoms with Crippen molar-refractivity contribution in [2.75, 3.05) is 10.7 Å². The minimum absolute atomic E-state index is 0.0155. The molecule has 2 rings (SSSR count). The van der Waals surface area contributed by atoms with Crippen LogP contribution in [0, 0.1) is 0 Å². The maximum absolute atomic E-state index is 13.1. The van der Waals surface area contributed by atoms with Crippen molar-refractivity contribution in [3.05, 3.63) is 52.0 Å². The fourth-order valence-corrected chi connectivity index (χ4v) is 3.93. The first-order chi connectivity index (χ1) is 14.2. The van der Waals surface area contributed by atoms with E-state index in [9.17, 15) is 35.9 Å². The number of hydrogen-bond donors (Lipinski definition) is 0. The summed E-state index contributed by atoms with van der Waals surface area (Å²) in [6.45, 7) is 2.72. The van der Waals surface area contributed by atoms with Gasteiger partial charge < -0.3 is 4.74 Å². The Morgan fingerprint density at radius 3 is 2.19 bits per heavy atom. The van der Waals surface area contributed by atoms with Gasteiger partial charge >= 0.3 is 12.5 Å². The molecule has 2 amide bonds. The molecule has 0 aliphatic rings. The molecule has 0 bridgehead atoms. The minimum Gasteiger partial charge on any atom is -0.406 e. The molecule has 4 nitrogen and oxygen atoms in total. The third-order valence-corrected chi connectivity index (χ3v) is 5.32. The van der Waals surface area contributed by atoms with E-state index in [2.05, 4.69) is 20.7 Å². The third-order valence-electron chi connectivity index (χ3n) is 3.75. The van der Waals surface area contributed by atoms with E-state index in [0.29, 0.717) is 10.7 Å². The van der Waals surface area contributed by atoms with Crippen LogP contribution in [0.1, 0.15) is 29.8 Å². The quantitative estimate of drug-likeness (QED) is 0.320. The number of nitrogens with zero attached hydrogens (tertiary/aromatic N) is 1. The lowest BCUT2D eigenvalue weighted by Gasteiger charge is -2.23. The molecule has 0 saturated heterocycles. The van der Waals surface area contributed by atoms with Crippen molar-refractivity contribution in [1.82, 2.24) is 0 Å². The van der Waals surface area contributed by atoms with Crippen molar-refractivity contribution in [1.29, 1.82) is 0 Å². The van der Waals surface area contributed by atoms with Crippen LogP contribution in [0.2, 0.25) is 0 Å². The molecule has 0 atom stereocenters. The average Bonchev–Trinajstić information content (AvgIpc) is 2.61. The molecule has 168 valence electrons. The molecule has 0 spiro atoms. The van der Waals surface area contributed by atoms with Gasteiger partial charge in [0.15, 0.2) is 0 Å². The SMILES string of the molecule is CCSc1cc(C(F)(F)F)ccc1C(=O)N(C(C)=O)c1ccc(OC(F)(F)F)cc1Br. The first-order valence-electron chi connectivity index (χ1n) is 8.49. The van der Waals surface area contributed by atoms with Gasteiger partial charge in [0.25, 0.3) is 5.91 Å². The van der Waals surface area contributed by atoms with Gasteiger partial charge in [-0.15, -0.1) is 24.9 Å². The van der Waals surface area contributed by atoms with Crippen molar-refractivity contribution >= 4 is 45.2 Å². The third kappa shape index (κ3) is 6.39. The van der Waals surface area contributed by atoms with Crippen LogP contribution in [0.15, 0.2) is 45.8 Å². The van der Waals surface area contributed by atoms with Gasteiger partial charge in [-0.1, -0.05) is 6.92 Å². The van der Waals surface area contributed by atoms with E-state index in [1.54, 1.807) is 6.92 Å². The summed E-state index contributed by atoms with van der Waals surface area (Å²) in [5.74, 6) is -1.95. The predicted molar refractivity (Wildman–Crippen MR) is 106 cm³/mol. The van der Waals surface area contributed by atoms with E-state index >= 15 is 0 Å². The molecule has 2 aromatic carbocycles. The van der Waals surface area contributed by atoms with E-state index in [-0.39, 0.29) is 20.6 Å². The molecule has 0 N–H and O–H groups in total. The fraction of sp³-hybridized carbons (Fsp3) is 0.263. The van der Waals surface area contributed by atoms with Crippen LogP contribution < -0.4 is 9.64 Å². The molecule has 2 aromatic rings. The molecule has 0 radical (unpaired) electrons. The van der Waals surface area contributed by atoms with Crippen LogP contribution in [0.3, 0.4) is 0 Å². The Morgan fingerprint density at radius 2 is 1.71 bits per heavy atom. The van der Waals surface area contributed by atoms with Crippen LogP contribution in [0.25, 0.3) is 0 Å². The van der Waals surface area contributed by atoms with Crippen LogP contribution in [-0.4, -0.2) is 23.9 Å². The number of benzene rings is 2. The zero-order valence-electron chi connectivity index (χ0n) is 15.9. The Bertz CT molecular complexity index is 994. The number of hydrogen-bond acceptors (Lipinski definition) is 4. The van der Waals surface area contributed by atoms with E-state index in [1.165, 1.54) is 0 Å². The fourth-order valence-electron chi connectivity index (χ4n) is 2.56. The molecule has 0 aromatic heterocycles. The second kappa shape index (κ2) is 9.51. The van der Waals surface area contributed by atoms with Crippen molar-refractivity contribution in [3.8, 4) is 5.75 Å². The lowest BCUT2D eigenvalue weighted by molar-refractivity contribution is -0.274. The summed E-state index contributed by atoms with van der Waals surface area (Å²) in [6, 6.07) is 5.39. The summed E-state index contributed by atoms with van der Waals surface area (Å²) in [5, 5.41) is 0. The summed E-state index contributed by atoms with van der Waals surface area (Å²) in [7, 11) is 0. The standard InChI is InChI=1S/C19H14BrF6NO3S/c1-3-31-16-8-11(18(21,22)23)4-6-13(16)17(29)27(10(2)28)15-7-5-12(9-14(15)20)30-19(24,25)26/h4-9H,3H2,1-2H3. The van der Waals surface area contributed by atoms with Crippen LogP contribution in [0.5, 0.6) is 5.75 Å². The van der Waals surface area contributed by atoms with Gasteiger partial charge in [-0.25, -0.2) is 4.90 Å². The Hall–Kier alpha value is -2.21. The predicted octanol–water partition coefficient (Wildman–Crippen LogP) is 6.67. The lowest BCUT2D eigenvalue weighted by Crippen LogP contribution is -2.36. The highest BCUT2D eigenvalue weighted by Gasteiger charge is 2.34. The first kappa shape index (κ1) is 25.1. The van der Waals surface area contributed by atoms with Gasteiger partial charge in [0.2, 0.25) is 5.91 Å². The summed E-state index contributed by atoms with van der Waals surface area (Å²) >= 11 is 3.99. The molecule has 0 fully saturated rings. The van der Waals surface area contributed by atoms with E-state index in [0.717, 1.165) is 55.1 Å². The largest absolute Gasteiger partial charge is 0.573 e. The molecule has 0 aliphatic carbocycles. The molecule has 31 heavy (non-hydrogen) atoms. The van der Waals surface area contributed by atoms with E-state index < -0.39 is 35.7 Å². The second-order valence-corrected chi connectivity index (χ2v) is 8.12. The molecule has 0 aliphatic heterocycles. The smallest absolute Gasteiger partial charge is 0.406 e. The topological polar surface area (TPSA) is 46.6 Å². The minimum atomic E-state index is -4.94. The highest BCUT2D eigenvalue weighted by molar-refractivity contribution is 9.10. The van der Waals surface area contributed by atoms with E-state index in [4.69, 9.17) is 0 Å². The lowest BCUT2D eigenvalue weighted by atomic mass is 10.1. The Kier molecular flexibility index (Phi) is 7.69. The summed E-state index contributed by atoms with van der Waals surface area (Å²) in [6.07, 6.45) is -9.56. The molecule has 0 heterocycles. The highest BCUT2D eigenvalue weighted by Crippen LogP contribution is 2.37. The molecule has 12 heteroatoms. The number of rotatable bonds is 5. The first-order valence-corrected chi connectivity index (χ1v) is 10.3. The molecule has 0 unspecified atom stereocenters. The Labute approximate surface area is 185 Å². The second-order valence-electron chi connectivity index (χ2n) is 5.96. The number of carbonyl (C=O) groups excluding carboxylic acids is 2. The summed E-state index contributed by atoms with van der Waals surface area (Å²) in [4.78, 5) is 26.0. The Balaban J connectivity index is 2.51. The average molecular weight is 530 g/mol. The normalized spacial score (nSPS) is 11.9. The van der Waals surface area contributed by atoms with Crippen molar-refractivity contribution in [2.45, 2.75) is 31.3 Å². The number of imide groups is 1. The Morgan fingerprint density at radius 1 is 1.06 bits per heavy atom. The van der Waals surface area contributed by atoms with Gasteiger partial charge in [-0.2, -0.15) is 13.2 Å². The van der Waals surface area contributed by atoms with Gasteiger partial charge in [0.05, 0.1) is 16.8 Å². The monoisotopic (exact) mass is 529 g/mol. The van der Waals surface area contributed by atoms with Crippen LogP contribution in [0.4, 0.5) is 32.0 Å². The number of amides is 2. The van der Waals surface area contributed by atoms with E-state index in [1.807, 2.05) is 0 Å². The van der Waals surface area contributed by atoms with Crippen molar-refractivity contribution in [3.63, 3.8) is 0 Å². The van der Waals surface area contributed by atoms with Crippen molar-refractivity contribution < 1.29 is 40.7 Å².